The monoisotopic (exact) mass is 393 g/mol. The fraction of sp³-hybridized carbons (Fsp3) is 0.333. The molecule has 0 aliphatic carbocycles. The van der Waals surface area contributed by atoms with Crippen molar-refractivity contribution in [3.63, 3.8) is 0 Å². The number of carbonyl (C=O) groups is 2. The summed E-state index contributed by atoms with van der Waals surface area (Å²) in [5.74, 6) is -0.420. The maximum absolute atomic E-state index is 12.8. The Morgan fingerprint density at radius 2 is 2.04 bits per heavy atom. The molecule has 0 saturated carbocycles. The van der Waals surface area contributed by atoms with E-state index in [9.17, 15) is 19.7 Å². The molecule has 1 aromatic carbocycles. The number of carbonyl (C=O) groups excluding carboxylic acids is 2. The molecular formula is C18H20ClN3O5. The minimum Gasteiger partial charge on any atom is -0.467 e. The van der Waals surface area contributed by atoms with Crippen LogP contribution < -0.4 is 5.32 Å². The summed E-state index contributed by atoms with van der Waals surface area (Å²) in [7, 11) is 1.62. The van der Waals surface area contributed by atoms with Crippen LogP contribution in [0.4, 0.5) is 5.69 Å². The molecule has 2 rings (SSSR count). The molecule has 1 aromatic heterocycles. The van der Waals surface area contributed by atoms with Crippen molar-refractivity contribution in [1.82, 2.24) is 10.2 Å². The van der Waals surface area contributed by atoms with Crippen LogP contribution in [0, 0.1) is 16.0 Å². The Bertz CT molecular complexity index is 836. The average molecular weight is 394 g/mol. The van der Waals surface area contributed by atoms with Crippen molar-refractivity contribution in [3.8, 4) is 0 Å². The van der Waals surface area contributed by atoms with Gasteiger partial charge in [-0.3, -0.25) is 19.7 Å². The molecule has 1 unspecified atom stereocenters. The van der Waals surface area contributed by atoms with Crippen LogP contribution >= 0.6 is 11.6 Å². The van der Waals surface area contributed by atoms with E-state index in [0.717, 1.165) is 6.07 Å². The fourth-order valence-electron chi connectivity index (χ4n) is 2.49. The van der Waals surface area contributed by atoms with Gasteiger partial charge in [0.1, 0.15) is 11.8 Å². The number of nitro benzene ring substituents is 1. The van der Waals surface area contributed by atoms with E-state index in [1.807, 2.05) is 0 Å². The zero-order valence-corrected chi connectivity index (χ0v) is 15.9. The molecule has 2 amide bonds. The number of non-ortho nitro benzene ring substituents is 1. The lowest BCUT2D eigenvalue weighted by atomic mass is 10.0. The standard InChI is InChI=1S/C18H20ClN3O5/c1-11(2)16(18(24)21(3)10-13-5-4-8-27-13)20-17(23)14-7-6-12(22(25)26)9-15(14)19/h4-9,11,16H,10H2,1-3H3,(H,20,23). The minimum atomic E-state index is -0.788. The van der Waals surface area contributed by atoms with Crippen molar-refractivity contribution in [2.75, 3.05) is 7.05 Å². The first-order valence-corrected chi connectivity index (χ1v) is 8.60. The first-order valence-electron chi connectivity index (χ1n) is 8.23. The van der Waals surface area contributed by atoms with Crippen molar-refractivity contribution in [3.05, 3.63) is 63.1 Å². The second kappa shape index (κ2) is 8.68. The van der Waals surface area contributed by atoms with Gasteiger partial charge in [-0.1, -0.05) is 25.4 Å². The predicted molar refractivity (Wildman–Crippen MR) is 99.4 cm³/mol. The number of benzene rings is 1. The summed E-state index contributed by atoms with van der Waals surface area (Å²) in [6.45, 7) is 3.88. The molecule has 0 bridgehead atoms. The second-order valence-electron chi connectivity index (χ2n) is 6.39. The van der Waals surface area contributed by atoms with Gasteiger partial charge in [0.05, 0.1) is 28.3 Å². The highest BCUT2D eigenvalue weighted by atomic mass is 35.5. The first kappa shape index (κ1) is 20.4. The summed E-state index contributed by atoms with van der Waals surface area (Å²) >= 11 is 6.00. The van der Waals surface area contributed by atoms with Crippen molar-refractivity contribution >= 4 is 29.1 Å². The zero-order chi connectivity index (χ0) is 20.1. The van der Waals surface area contributed by atoms with E-state index in [0.29, 0.717) is 5.76 Å². The fourth-order valence-corrected chi connectivity index (χ4v) is 2.75. The van der Waals surface area contributed by atoms with E-state index in [1.165, 1.54) is 23.3 Å². The number of likely N-dealkylation sites (N-methyl/N-ethyl adjacent to an activating group) is 1. The zero-order valence-electron chi connectivity index (χ0n) is 15.1. The molecular weight excluding hydrogens is 374 g/mol. The van der Waals surface area contributed by atoms with Crippen molar-refractivity contribution in [1.29, 1.82) is 0 Å². The summed E-state index contributed by atoms with van der Waals surface area (Å²) < 4.78 is 5.24. The number of hydrogen-bond donors (Lipinski definition) is 1. The molecule has 9 heteroatoms. The van der Waals surface area contributed by atoms with Gasteiger partial charge in [-0.05, 0) is 24.1 Å². The highest BCUT2D eigenvalue weighted by molar-refractivity contribution is 6.34. The van der Waals surface area contributed by atoms with Crippen molar-refractivity contribution in [2.24, 2.45) is 5.92 Å². The summed E-state index contributed by atoms with van der Waals surface area (Å²) in [6.07, 6.45) is 1.52. The third kappa shape index (κ3) is 5.07. The molecule has 0 fully saturated rings. The highest BCUT2D eigenvalue weighted by Gasteiger charge is 2.28. The molecule has 1 N–H and O–H groups in total. The van der Waals surface area contributed by atoms with Crippen molar-refractivity contribution < 1.29 is 18.9 Å². The van der Waals surface area contributed by atoms with Crippen molar-refractivity contribution in [2.45, 2.75) is 26.4 Å². The second-order valence-corrected chi connectivity index (χ2v) is 6.80. The van der Waals surface area contributed by atoms with E-state index in [1.54, 1.807) is 33.0 Å². The number of nitrogens with one attached hydrogen (secondary N) is 1. The van der Waals surface area contributed by atoms with Gasteiger partial charge in [0.25, 0.3) is 11.6 Å². The number of hydrogen-bond acceptors (Lipinski definition) is 5. The summed E-state index contributed by atoms with van der Waals surface area (Å²) in [5, 5.41) is 13.4. The predicted octanol–water partition coefficient (Wildman–Crippen LogP) is 3.25. The number of amides is 2. The Labute approximate surface area is 161 Å². The summed E-state index contributed by atoms with van der Waals surface area (Å²) in [6, 6.07) is 6.25. The molecule has 27 heavy (non-hydrogen) atoms. The molecule has 0 radical (unpaired) electrons. The first-order chi connectivity index (χ1) is 12.7. The normalized spacial score (nSPS) is 11.9. The highest BCUT2D eigenvalue weighted by Crippen LogP contribution is 2.23. The van der Waals surface area contributed by atoms with Gasteiger partial charge in [-0.15, -0.1) is 0 Å². The molecule has 0 aliphatic rings. The lowest BCUT2D eigenvalue weighted by Crippen LogP contribution is -2.50. The molecule has 0 spiro atoms. The van der Waals surface area contributed by atoms with E-state index >= 15 is 0 Å². The van der Waals surface area contributed by atoms with Gasteiger partial charge >= 0.3 is 0 Å². The van der Waals surface area contributed by atoms with Crippen LogP contribution in [0.15, 0.2) is 41.0 Å². The number of nitro groups is 1. The lowest BCUT2D eigenvalue weighted by Gasteiger charge is -2.26. The Balaban J connectivity index is 2.14. The quantitative estimate of drug-likeness (QED) is 0.574. The molecule has 0 saturated heterocycles. The van der Waals surface area contributed by atoms with Gasteiger partial charge in [0, 0.05) is 19.2 Å². The molecule has 144 valence electrons. The number of furan rings is 1. The smallest absolute Gasteiger partial charge is 0.270 e. The van der Waals surface area contributed by atoms with Crippen LogP contribution in [-0.2, 0) is 11.3 Å². The minimum absolute atomic E-state index is 0.0550. The third-order valence-electron chi connectivity index (χ3n) is 3.98. The van der Waals surface area contributed by atoms with Crippen LogP contribution in [0.5, 0.6) is 0 Å². The molecule has 0 aliphatic heterocycles. The number of halogens is 1. The van der Waals surface area contributed by atoms with Crippen LogP contribution in [-0.4, -0.2) is 34.7 Å². The topological polar surface area (TPSA) is 106 Å². The molecule has 1 heterocycles. The third-order valence-corrected chi connectivity index (χ3v) is 4.29. The van der Waals surface area contributed by atoms with Gasteiger partial charge in [0.15, 0.2) is 0 Å². The molecule has 1 atom stereocenters. The largest absolute Gasteiger partial charge is 0.467 e. The average Bonchev–Trinajstić information content (AvgIpc) is 3.11. The van der Waals surface area contributed by atoms with Crippen LogP contribution in [0.3, 0.4) is 0 Å². The Hall–Kier alpha value is -2.87. The lowest BCUT2D eigenvalue weighted by molar-refractivity contribution is -0.384. The van der Waals surface area contributed by atoms with Crippen LogP contribution in [0.1, 0.15) is 30.0 Å². The van der Waals surface area contributed by atoms with Gasteiger partial charge < -0.3 is 14.6 Å². The number of nitrogens with zero attached hydrogens (tertiary/aromatic N) is 2. The van der Waals surface area contributed by atoms with E-state index in [4.69, 9.17) is 16.0 Å². The Morgan fingerprint density at radius 3 is 2.56 bits per heavy atom. The maximum Gasteiger partial charge on any atom is 0.270 e. The Kier molecular flexibility index (Phi) is 6.57. The molecule has 2 aromatic rings. The van der Waals surface area contributed by atoms with Gasteiger partial charge in [0.2, 0.25) is 5.91 Å². The SMILES string of the molecule is CC(C)C(NC(=O)c1ccc([N+](=O)[O-])cc1Cl)C(=O)N(C)Cc1ccco1. The maximum atomic E-state index is 12.8. The number of rotatable bonds is 7. The van der Waals surface area contributed by atoms with E-state index in [2.05, 4.69) is 5.32 Å². The summed E-state index contributed by atoms with van der Waals surface area (Å²) in [5.41, 5.74) is -0.152. The van der Waals surface area contributed by atoms with Gasteiger partial charge in [-0.25, -0.2) is 0 Å². The summed E-state index contributed by atoms with van der Waals surface area (Å²) in [4.78, 5) is 36.9. The Morgan fingerprint density at radius 1 is 1.33 bits per heavy atom. The molecule has 8 nitrogen and oxygen atoms in total. The van der Waals surface area contributed by atoms with E-state index < -0.39 is 16.9 Å². The van der Waals surface area contributed by atoms with Crippen LogP contribution in [0.2, 0.25) is 5.02 Å². The van der Waals surface area contributed by atoms with Crippen LogP contribution in [0.25, 0.3) is 0 Å². The van der Waals surface area contributed by atoms with E-state index in [-0.39, 0.29) is 34.6 Å². The van der Waals surface area contributed by atoms with Gasteiger partial charge in [-0.2, -0.15) is 0 Å².